The van der Waals surface area contributed by atoms with Gasteiger partial charge in [-0.05, 0) is 70.6 Å². The number of hydrogen-bond donors (Lipinski definition) is 1. The summed E-state index contributed by atoms with van der Waals surface area (Å²) in [4.78, 5) is 11.1. The first-order valence-electron chi connectivity index (χ1n) is 9.85. The smallest absolute Gasteiger partial charge is 0.308 e. The van der Waals surface area contributed by atoms with Gasteiger partial charge in [0.05, 0.1) is 0 Å². The van der Waals surface area contributed by atoms with Crippen LogP contribution in [0.5, 0.6) is 11.5 Å². The van der Waals surface area contributed by atoms with Crippen LogP contribution in [0, 0.1) is 0 Å². The van der Waals surface area contributed by atoms with Crippen molar-refractivity contribution in [2.24, 2.45) is 0 Å². The normalized spacial score (nSPS) is 17.7. The van der Waals surface area contributed by atoms with Gasteiger partial charge in [0.2, 0.25) is 0 Å². The molecule has 0 saturated carbocycles. The largest absolute Gasteiger partial charge is 0.504 e. The zero-order chi connectivity index (χ0) is 20.7. The van der Waals surface area contributed by atoms with Crippen LogP contribution < -0.4 is 4.74 Å². The molecule has 0 spiro atoms. The summed E-state index contributed by atoms with van der Waals surface area (Å²) in [5.41, 5.74) is 6.44. The third-order valence-corrected chi connectivity index (χ3v) is 5.93. The number of benzene rings is 2. The van der Waals surface area contributed by atoms with Crippen molar-refractivity contribution in [3.8, 4) is 11.5 Å². The minimum absolute atomic E-state index is 0.0370. The molecule has 148 valence electrons. The number of rotatable bonds is 3. The van der Waals surface area contributed by atoms with Gasteiger partial charge in [-0.25, -0.2) is 0 Å². The minimum atomic E-state index is -0.450. The number of phenolic OH excluding ortho intramolecular Hbond substituents is 1. The Kier molecular flexibility index (Phi) is 5.14. The van der Waals surface area contributed by atoms with Gasteiger partial charge in [0.1, 0.15) is 0 Å². The molecule has 2 aromatic carbocycles. The van der Waals surface area contributed by atoms with Crippen molar-refractivity contribution in [1.82, 2.24) is 0 Å². The Labute approximate surface area is 168 Å². The van der Waals surface area contributed by atoms with Gasteiger partial charge in [-0.3, -0.25) is 4.79 Å². The highest BCUT2D eigenvalue weighted by atomic mass is 16.5. The fourth-order valence-electron chi connectivity index (χ4n) is 4.03. The molecule has 1 N–H and O–H groups in total. The summed E-state index contributed by atoms with van der Waals surface area (Å²) < 4.78 is 4.98. The Bertz CT molecular complexity index is 948. The summed E-state index contributed by atoms with van der Waals surface area (Å²) in [6, 6.07) is 11.9. The Morgan fingerprint density at radius 2 is 1.61 bits per heavy atom. The number of esters is 1. The first-order chi connectivity index (χ1) is 13.0. The Morgan fingerprint density at radius 3 is 2.21 bits per heavy atom. The van der Waals surface area contributed by atoms with Crippen LogP contribution in [0.1, 0.15) is 76.6 Å². The molecule has 0 heterocycles. The van der Waals surface area contributed by atoms with Crippen molar-refractivity contribution >= 4 is 17.6 Å². The number of fused-ring (bicyclic) bond motifs is 1. The SMILES string of the molecule is CC(=O)Oc1ccc(C=C(C)c2ccc3c(c2)C(C)(C)CCC3(C)C)cc1O. The highest BCUT2D eigenvalue weighted by Gasteiger charge is 2.36. The molecule has 0 atom stereocenters. The van der Waals surface area contributed by atoms with Crippen molar-refractivity contribution in [2.45, 2.75) is 65.2 Å². The predicted octanol–water partition coefficient (Wildman–Crippen LogP) is 6.23. The molecule has 0 fully saturated rings. The average Bonchev–Trinajstić information content (AvgIpc) is 2.61. The molecule has 28 heavy (non-hydrogen) atoms. The van der Waals surface area contributed by atoms with E-state index >= 15 is 0 Å². The van der Waals surface area contributed by atoms with Gasteiger partial charge in [-0.1, -0.05) is 58.0 Å². The molecule has 0 radical (unpaired) electrons. The zero-order valence-electron chi connectivity index (χ0n) is 17.7. The van der Waals surface area contributed by atoms with Gasteiger partial charge >= 0.3 is 5.97 Å². The second-order valence-electron chi connectivity index (χ2n) is 9.18. The van der Waals surface area contributed by atoms with Crippen molar-refractivity contribution in [3.05, 3.63) is 58.7 Å². The van der Waals surface area contributed by atoms with Gasteiger partial charge in [-0.2, -0.15) is 0 Å². The van der Waals surface area contributed by atoms with Crippen LogP contribution in [-0.4, -0.2) is 11.1 Å². The number of aromatic hydroxyl groups is 1. The standard InChI is InChI=1S/C25H30O3/c1-16(13-18-7-10-23(22(27)14-18)28-17(2)26)19-8-9-20-21(15-19)25(5,6)12-11-24(20,3)4/h7-10,13-15,27H,11-12H2,1-6H3. The summed E-state index contributed by atoms with van der Waals surface area (Å²) in [5, 5.41) is 10.1. The monoisotopic (exact) mass is 378 g/mol. The molecule has 0 aliphatic heterocycles. The zero-order valence-corrected chi connectivity index (χ0v) is 17.7. The molecular weight excluding hydrogens is 348 g/mol. The Balaban J connectivity index is 1.96. The van der Waals surface area contributed by atoms with Crippen LogP contribution in [-0.2, 0) is 15.6 Å². The maximum Gasteiger partial charge on any atom is 0.308 e. The van der Waals surface area contributed by atoms with Crippen LogP contribution in [0.4, 0.5) is 0 Å². The Morgan fingerprint density at radius 1 is 0.964 bits per heavy atom. The minimum Gasteiger partial charge on any atom is -0.504 e. The van der Waals surface area contributed by atoms with Crippen LogP contribution >= 0.6 is 0 Å². The van der Waals surface area contributed by atoms with Crippen LogP contribution in [0.15, 0.2) is 36.4 Å². The first kappa shape index (κ1) is 20.2. The summed E-state index contributed by atoms with van der Waals surface area (Å²) >= 11 is 0. The molecule has 0 aromatic heterocycles. The van der Waals surface area contributed by atoms with Crippen molar-refractivity contribution in [2.75, 3.05) is 0 Å². The number of hydrogen-bond acceptors (Lipinski definition) is 3. The fourth-order valence-corrected chi connectivity index (χ4v) is 4.03. The number of ether oxygens (including phenoxy) is 1. The summed E-state index contributed by atoms with van der Waals surface area (Å²) in [5.74, 6) is -0.306. The summed E-state index contributed by atoms with van der Waals surface area (Å²) in [6.45, 7) is 12.7. The van der Waals surface area contributed by atoms with Crippen LogP contribution in [0.25, 0.3) is 11.6 Å². The third-order valence-electron chi connectivity index (χ3n) is 5.93. The van der Waals surface area contributed by atoms with Crippen molar-refractivity contribution in [3.63, 3.8) is 0 Å². The van der Waals surface area contributed by atoms with Gasteiger partial charge < -0.3 is 9.84 Å². The van der Waals surface area contributed by atoms with Crippen molar-refractivity contribution < 1.29 is 14.6 Å². The topological polar surface area (TPSA) is 46.5 Å². The van der Waals surface area contributed by atoms with E-state index in [1.807, 2.05) is 12.1 Å². The number of carbonyl (C=O) groups is 1. The lowest BCUT2D eigenvalue weighted by atomic mass is 9.63. The highest BCUT2D eigenvalue weighted by Crippen LogP contribution is 2.46. The van der Waals surface area contributed by atoms with Gasteiger partial charge in [0, 0.05) is 6.92 Å². The van der Waals surface area contributed by atoms with Gasteiger partial charge in [0.25, 0.3) is 0 Å². The van der Waals surface area contributed by atoms with Crippen LogP contribution in [0.2, 0.25) is 0 Å². The number of allylic oxidation sites excluding steroid dienone is 1. The second kappa shape index (κ2) is 7.12. The molecule has 0 amide bonds. The van der Waals surface area contributed by atoms with E-state index in [9.17, 15) is 9.90 Å². The second-order valence-corrected chi connectivity index (χ2v) is 9.18. The van der Waals surface area contributed by atoms with Gasteiger partial charge in [-0.15, -0.1) is 0 Å². The molecule has 3 nitrogen and oxygen atoms in total. The predicted molar refractivity (Wildman–Crippen MR) is 115 cm³/mol. The van der Waals surface area contributed by atoms with E-state index in [2.05, 4.69) is 52.8 Å². The lowest BCUT2D eigenvalue weighted by molar-refractivity contribution is -0.132. The molecule has 0 bridgehead atoms. The molecule has 2 aromatic rings. The van der Waals surface area contributed by atoms with Crippen molar-refractivity contribution in [1.29, 1.82) is 0 Å². The highest BCUT2D eigenvalue weighted by molar-refractivity contribution is 5.81. The van der Waals surface area contributed by atoms with E-state index in [1.165, 1.54) is 36.5 Å². The van der Waals surface area contributed by atoms with E-state index in [0.29, 0.717) is 0 Å². The Hall–Kier alpha value is -2.55. The number of phenols is 1. The molecular formula is C25H30O3. The van der Waals surface area contributed by atoms with E-state index in [-0.39, 0.29) is 22.3 Å². The average molecular weight is 379 g/mol. The number of carbonyl (C=O) groups excluding carboxylic acids is 1. The molecule has 0 unspecified atom stereocenters. The first-order valence-corrected chi connectivity index (χ1v) is 9.85. The van der Waals surface area contributed by atoms with Crippen LogP contribution in [0.3, 0.4) is 0 Å². The molecule has 1 aliphatic carbocycles. The van der Waals surface area contributed by atoms with E-state index < -0.39 is 5.97 Å². The summed E-state index contributed by atoms with van der Waals surface area (Å²) in [6.07, 6.45) is 4.43. The molecule has 3 rings (SSSR count). The molecule has 3 heteroatoms. The van der Waals surface area contributed by atoms with E-state index in [1.54, 1.807) is 12.1 Å². The fraction of sp³-hybridized carbons (Fsp3) is 0.400. The van der Waals surface area contributed by atoms with Gasteiger partial charge in [0.15, 0.2) is 11.5 Å². The van der Waals surface area contributed by atoms with E-state index in [4.69, 9.17) is 4.74 Å². The summed E-state index contributed by atoms with van der Waals surface area (Å²) in [7, 11) is 0. The van der Waals surface area contributed by atoms with E-state index in [0.717, 1.165) is 11.1 Å². The quantitative estimate of drug-likeness (QED) is 0.391. The molecule has 1 aliphatic rings. The maximum atomic E-state index is 11.1. The third kappa shape index (κ3) is 3.99. The maximum absolute atomic E-state index is 11.1. The lowest BCUT2D eigenvalue weighted by Gasteiger charge is -2.42. The molecule has 0 saturated heterocycles. The lowest BCUT2D eigenvalue weighted by Crippen LogP contribution is -2.33.